The minimum Gasteiger partial charge on any atom is -0.299 e. The second-order valence-corrected chi connectivity index (χ2v) is 19.9. The first-order valence-electron chi connectivity index (χ1n) is 23.6. The Hall–Kier alpha value is -5.51. The number of aryl methyl sites for hydroxylation is 2. The van der Waals surface area contributed by atoms with E-state index >= 15 is 0 Å². The summed E-state index contributed by atoms with van der Waals surface area (Å²) in [6.07, 6.45) is 10.7. The standard InChI is InChI=1S/C55H54N2S.C5H12/c1-9-45-33-55(45,8)49-22-20-41(52-36(6)26-42(27-37(52)7)40-21-23-50-44(28-40)32-51(58-50)39-18-14-11-15-19-39)29-48(49)54-56-24-25-57(54)53-46(34(2)3)30-43(31-47(53)35(4)5)38-16-12-10-13-17-38;1-3-5-4-2/h10-32,34-35,45H,9,33H2,1-8H3;3-5H2,1-2H3/t45-,55?;/m0./s1. The molecule has 6 aromatic carbocycles. The summed E-state index contributed by atoms with van der Waals surface area (Å²) in [6, 6.07) is 47.7. The summed E-state index contributed by atoms with van der Waals surface area (Å²) in [5, 5.41) is 1.30. The summed E-state index contributed by atoms with van der Waals surface area (Å²) >= 11 is 1.87. The van der Waals surface area contributed by atoms with Gasteiger partial charge in [-0.25, -0.2) is 4.98 Å². The molecule has 0 saturated heterocycles. The van der Waals surface area contributed by atoms with Crippen molar-refractivity contribution in [2.75, 3.05) is 0 Å². The zero-order valence-corrected chi connectivity index (χ0v) is 40.2. The number of unbranched alkanes of at least 4 members (excludes halogenated alkanes) is 2. The molecule has 0 aliphatic heterocycles. The van der Waals surface area contributed by atoms with E-state index in [9.17, 15) is 0 Å². The normalized spacial score (nSPS) is 15.8. The third kappa shape index (κ3) is 8.87. The number of hydrogen-bond acceptors (Lipinski definition) is 2. The van der Waals surface area contributed by atoms with E-state index in [1.54, 1.807) is 0 Å². The number of fused-ring (bicyclic) bond motifs is 1. The summed E-state index contributed by atoms with van der Waals surface area (Å²) in [6.45, 7) is 23.1. The van der Waals surface area contributed by atoms with Gasteiger partial charge in [0.15, 0.2) is 0 Å². The van der Waals surface area contributed by atoms with Gasteiger partial charge in [-0.3, -0.25) is 4.57 Å². The van der Waals surface area contributed by atoms with Crippen molar-refractivity contribution in [2.45, 2.75) is 119 Å². The molecule has 0 N–H and O–H groups in total. The average Bonchev–Trinajstić information content (AvgIpc) is 3.56. The van der Waals surface area contributed by atoms with Gasteiger partial charge in [0.25, 0.3) is 0 Å². The monoisotopic (exact) mass is 846 g/mol. The van der Waals surface area contributed by atoms with Gasteiger partial charge in [-0.1, -0.05) is 172 Å². The summed E-state index contributed by atoms with van der Waals surface area (Å²) in [4.78, 5) is 6.55. The predicted octanol–water partition coefficient (Wildman–Crippen LogP) is 18.2. The zero-order valence-electron chi connectivity index (χ0n) is 39.3. The Kier molecular flexibility index (Phi) is 13.1. The number of thiophene rings is 1. The average molecular weight is 847 g/mol. The third-order valence-corrected chi connectivity index (χ3v) is 14.8. The second kappa shape index (κ2) is 18.7. The number of imidazole rings is 1. The van der Waals surface area contributed by atoms with Crippen molar-refractivity contribution in [3.05, 3.63) is 168 Å². The Bertz CT molecular complexity index is 2780. The van der Waals surface area contributed by atoms with E-state index in [1.165, 1.54) is 125 Å². The molecule has 0 spiro atoms. The van der Waals surface area contributed by atoms with E-state index in [4.69, 9.17) is 4.98 Å². The highest BCUT2D eigenvalue weighted by Gasteiger charge is 2.51. The van der Waals surface area contributed by atoms with Gasteiger partial charge in [0.1, 0.15) is 5.82 Å². The molecule has 1 aliphatic rings. The van der Waals surface area contributed by atoms with Gasteiger partial charge < -0.3 is 0 Å². The summed E-state index contributed by atoms with van der Waals surface area (Å²) in [7, 11) is 0. The van der Waals surface area contributed by atoms with E-state index in [1.807, 2.05) is 17.5 Å². The van der Waals surface area contributed by atoms with Crippen LogP contribution in [0.3, 0.4) is 0 Å². The van der Waals surface area contributed by atoms with Crippen molar-refractivity contribution >= 4 is 21.4 Å². The van der Waals surface area contributed by atoms with Crippen molar-refractivity contribution in [1.29, 1.82) is 0 Å². The number of hydrogen-bond donors (Lipinski definition) is 0. The molecule has 9 rings (SSSR count). The van der Waals surface area contributed by atoms with Crippen LogP contribution < -0.4 is 0 Å². The number of rotatable bonds is 12. The maximum atomic E-state index is 5.24. The highest BCUT2D eigenvalue weighted by Crippen LogP contribution is 2.58. The van der Waals surface area contributed by atoms with Crippen LogP contribution in [0.2, 0.25) is 0 Å². The van der Waals surface area contributed by atoms with Crippen molar-refractivity contribution < 1.29 is 0 Å². The van der Waals surface area contributed by atoms with Crippen LogP contribution in [0.15, 0.2) is 140 Å². The second-order valence-electron chi connectivity index (χ2n) is 18.9. The van der Waals surface area contributed by atoms with E-state index < -0.39 is 0 Å². The van der Waals surface area contributed by atoms with E-state index in [-0.39, 0.29) is 5.41 Å². The third-order valence-electron chi connectivity index (χ3n) is 13.6. The molecule has 322 valence electrons. The number of aromatic nitrogens is 2. The van der Waals surface area contributed by atoms with Gasteiger partial charge in [0.05, 0.1) is 5.69 Å². The van der Waals surface area contributed by atoms with E-state index in [0.717, 1.165) is 5.82 Å². The van der Waals surface area contributed by atoms with Crippen LogP contribution in [-0.4, -0.2) is 9.55 Å². The van der Waals surface area contributed by atoms with Gasteiger partial charge in [-0.15, -0.1) is 11.3 Å². The Labute approximate surface area is 382 Å². The number of benzene rings is 6. The molecular weight excluding hydrogens is 781 g/mol. The largest absolute Gasteiger partial charge is 0.299 e. The fraction of sp³-hybridized carbons (Fsp3) is 0.317. The minimum absolute atomic E-state index is 0.132. The lowest BCUT2D eigenvalue weighted by Crippen LogP contribution is -2.12. The SMILES string of the molecule is CCCCC.CC[C@H]1CC1(C)c1ccc(-c2c(C)cc(-c3ccc4sc(-c5ccccc5)cc4c3)cc2C)cc1-c1nccn1-c1c(C(C)C)cc(-c2ccccc2)cc1C(C)C. The minimum atomic E-state index is 0.132. The molecule has 1 saturated carbocycles. The van der Waals surface area contributed by atoms with Crippen molar-refractivity contribution in [3.8, 4) is 60.9 Å². The predicted molar refractivity (Wildman–Crippen MR) is 275 cm³/mol. The molecule has 63 heavy (non-hydrogen) atoms. The Morgan fingerprint density at radius 2 is 1.25 bits per heavy atom. The maximum absolute atomic E-state index is 5.24. The molecule has 1 fully saturated rings. The first kappa shape index (κ1) is 44.1. The fourth-order valence-electron chi connectivity index (χ4n) is 9.99. The van der Waals surface area contributed by atoms with E-state index in [2.05, 4.69) is 207 Å². The van der Waals surface area contributed by atoms with Gasteiger partial charge in [-0.2, -0.15) is 0 Å². The molecular formula is C60H66N2S. The van der Waals surface area contributed by atoms with Crippen molar-refractivity contribution in [1.82, 2.24) is 9.55 Å². The fourth-order valence-corrected chi connectivity index (χ4v) is 11.0. The molecule has 1 aliphatic carbocycles. The van der Waals surface area contributed by atoms with Crippen LogP contribution in [0.1, 0.15) is 127 Å². The van der Waals surface area contributed by atoms with Crippen LogP contribution >= 0.6 is 11.3 Å². The molecule has 3 heteroatoms. The first-order valence-corrected chi connectivity index (χ1v) is 24.4. The Balaban J connectivity index is 0.00000103. The van der Waals surface area contributed by atoms with Crippen LogP contribution in [-0.2, 0) is 5.41 Å². The van der Waals surface area contributed by atoms with E-state index in [0.29, 0.717) is 17.8 Å². The summed E-state index contributed by atoms with van der Waals surface area (Å²) in [5.41, 5.74) is 18.2. The molecule has 2 aromatic heterocycles. The van der Waals surface area contributed by atoms with Crippen molar-refractivity contribution in [2.24, 2.45) is 5.92 Å². The maximum Gasteiger partial charge on any atom is 0.144 e. The lowest BCUT2D eigenvalue weighted by atomic mass is 9.85. The van der Waals surface area contributed by atoms with Gasteiger partial charge >= 0.3 is 0 Å². The Morgan fingerprint density at radius 3 is 1.83 bits per heavy atom. The zero-order chi connectivity index (χ0) is 44.4. The quantitative estimate of drug-likeness (QED) is 0.120. The van der Waals surface area contributed by atoms with Crippen molar-refractivity contribution in [3.63, 3.8) is 0 Å². The lowest BCUT2D eigenvalue weighted by Gasteiger charge is -2.25. The van der Waals surface area contributed by atoms with Crippen LogP contribution in [0.4, 0.5) is 0 Å². The van der Waals surface area contributed by atoms with Crippen LogP contribution in [0.25, 0.3) is 71.0 Å². The molecule has 0 amide bonds. The Morgan fingerprint density at radius 1 is 0.651 bits per heavy atom. The summed E-state index contributed by atoms with van der Waals surface area (Å²) < 4.78 is 3.74. The molecule has 2 heterocycles. The molecule has 8 aromatic rings. The number of nitrogens with zero attached hydrogens (tertiary/aromatic N) is 2. The van der Waals surface area contributed by atoms with Gasteiger partial charge in [-0.05, 0) is 152 Å². The van der Waals surface area contributed by atoms with Crippen LogP contribution in [0, 0.1) is 19.8 Å². The van der Waals surface area contributed by atoms with Crippen LogP contribution in [0.5, 0.6) is 0 Å². The molecule has 2 atom stereocenters. The highest BCUT2D eigenvalue weighted by molar-refractivity contribution is 7.22. The smallest absolute Gasteiger partial charge is 0.144 e. The molecule has 2 nitrogen and oxygen atoms in total. The molecule has 1 unspecified atom stereocenters. The summed E-state index contributed by atoms with van der Waals surface area (Å²) in [5.74, 6) is 2.37. The van der Waals surface area contributed by atoms with Gasteiger partial charge in [0.2, 0.25) is 0 Å². The molecule has 0 radical (unpaired) electrons. The molecule has 0 bridgehead atoms. The highest BCUT2D eigenvalue weighted by atomic mass is 32.1. The van der Waals surface area contributed by atoms with Gasteiger partial charge in [0, 0.05) is 27.5 Å². The topological polar surface area (TPSA) is 17.8 Å². The first-order chi connectivity index (χ1) is 30.4. The lowest BCUT2D eigenvalue weighted by molar-refractivity contribution is 0.643.